The zero-order chi connectivity index (χ0) is 21.2. The predicted octanol–water partition coefficient (Wildman–Crippen LogP) is 6.42. The van der Waals surface area contributed by atoms with Crippen LogP contribution in [0.4, 0.5) is 0 Å². The van der Waals surface area contributed by atoms with Crippen LogP contribution in [0.15, 0.2) is 33.8 Å². The fourth-order valence-electron chi connectivity index (χ4n) is 4.59. The standard InChI is InChI=1S/C24H23ClN2O2S/c1-5-6-18(28)17-11-24(17)23-20(13(3)29-27-23)22-19(12(2)14(4)30-22)21(26-24)15-7-9-16(25)10-8-15/h7-10,17H,5-6,11H2,1-4H3. The molecule has 0 bridgehead atoms. The molecule has 1 saturated carbocycles. The van der Waals surface area contributed by atoms with Crippen molar-refractivity contribution in [2.24, 2.45) is 10.9 Å². The highest BCUT2D eigenvalue weighted by Crippen LogP contribution is 2.61. The Kier molecular flexibility index (Phi) is 4.53. The summed E-state index contributed by atoms with van der Waals surface area (Å²) in [6.07, 6.45) is 2.11. The summed E-state index contributed by atoms with van der Waals surface area (Å²) in [6, 6.07) is 7.81. The molecule has 1 aliphatic carbocycles. The molecule has 5 rings (SSSR count). The van der Waals surface area contributed by atoms with Crippen molar-refractivity contribution >= 4 is 34.4 Å². The minimum atomic E-state index is -0.632. The molecule has 6 heteroatoms. The molecule has 2 aromatic heterocycles. The molecule has 2 aliphatic rings. The van der Waals surface area contributed by atoms with Gasteiger partial charge in [0.25, 0.3) is 0 Å². The molecule has 2 unspecified atom stereocenters. The number of aliphatic imine (C=N–C) groups is 1. The minimum absolute atomic E-state index is 0.140. The molecule has 1 fully saturated rings. The second-order valence-corrected chi connectivity index (χ2v) is 9.98. The molecule has 1 spiro atoms. The molecule has 0 N–H and O–H groups in total. The van der Waals surface area contributed by atoms with Gasteiger partial charge in [0.05, 0.1) is 17.2 Å². The van der Waals surface area contributed by atoms with E-state index in [4.69, 9.17) is 21.1 Å². The maximum atomic E-state index is 12.9. The topological polar surface area (TPSA) is 55.5 Å². The van der Waals surface area contributed by atoms with Crippen LogP contribution in [0, 0.1) is 26.7 Å². The van der Waals surface area contributed by atoms with E-state index in [2.05, 4.69) is 19.0 Å². The number of aromatic nitrogens is 1. The lowest BCUT2D eigenvalue weighted by Crippen LogP contribution is -2.16. The van der Waals surface area contributed by atoms with Crippen LogP contribution in [-0.2, 0) is 10.3 Å². The SMILES string of the molecule is CCCC(=O)C1CC12N=C(c1ccc(Cl)cc1)c1c(sc(C)c1C)-c1c2noc1C. The number of benzene rings is 1. The summed E-state index contributed by atoms with van der Waals surface area (Å²) in [6.45, 7) is 8.27. The van der Waals surface area contributed by atoms with Gasteiger partial charge in [0.1, 0.15) is 22.8 Å². The molecule has 1 aliphatic heterocycles. The van der Waals surface area contributed by atoms with Crippen molar-refractivity contribution in [3.63, 3.8) is 0 Å². The Balaban J connectivity index is 1.80. The third-order valence-electron chi connectivity index (χ3n) is 6.37. The molecule has 1 aromatic carbocycles. The lowest BCUT2D eigenvalue weighted by molar-refractivity contribution is -0.120. The normalized spacial score (nSPS) is 21.8. The van der Waals surface area contributed by atoms with Gasteiger partial charge < -0.3 is 4.52 Å². The van der Waals surface area contributed by atoms with Gasteiger partial charge in [-0.05, 0) is 51.3 Å². The summed E-state index contributed by atoms with van der Waals surface area (Å²) in [5, 5.41) is 5.15. The Morgan fingerprint density at radius 3 is 2.67 bits per heavy atom. The Labute approximate surface area is 185 Å². The van der Waals surface area contributed by atoms with Crippen LogP contribution in [0.5, 0.6) is 0 Å². The van der Waals surface area contributed by atoms with Crippen molar-refractivity contribution in [1.29, 1.82) is 0 Å². The number of fused-ring (bicyclic) bond motifs is 4. The lowest BCUT2D eigenvalue weighted by atomic mass is 9.96. The van der Waals surface area contributed by atoms with Crippen LogP contribution in [-0.4, -0.2) is 16.7 Å². The number of carbonyl (C=O) groups excluding carboxylic acids is 1. The van der Waals surface area contributed by atoms with Crippen LogP contribution in [0.1, 0.15) is 59.2 Å². The van der Waals surface area contributed by atoms with Crippen molar-refractivity contribution in [3.8, 4) is 10.4 Å². The van der Waals surface area contributed by atoms with E-state index in [1.54, 1.807) is 11.3 Å². The van der Waals surface area contributed by atoms with Gasteiger partial charge in [0, 0.05) is 32.3 Å². The highest BCUT2D eigenvalue weighted by atomic mass is 35.5. The van der Waals surface area contributed by atoms with E-state index >= 15 is 0 Å². The third-order valence-corrected chi connectivity index (χ3v) is 7.84. The number of nitrogens with zero attached hydrogens (tertiary/aromatic N) is 2. The number of hydrogen-bond acceptors (Lipinski definition) is 5. The van der Waals surface area contributed by atoms with Gasteiger partial charge in [-0.15, -0.1) is 11.3 Å². The van der Waals surface area contributed by atoms with Crippen molar-refractivity contribution in [2.75, 3.05) is 0 Å². The molecule has 4 nitrogen and oxygen atoms in total. The van der Waals surface area contributed by atoms with Gasteiger partial charge in [0.15, 0.2) is 0 Å². The van der Waals surface area contributed by atoms with Gasteiger partial charge >= 0.3 is 0 Å². The monoisotopic (exact) mass is 438 g/mol. The smallest absolute Gasteiger partial charge is 0.142 e. The number of Topliss-reactive ketones (excluding diaryl/α,β-unsaturated/α-hetero) is 1. The van der Waals surface area contributed by atoms with Gasteiger partial charge in [-0.1, -0.05) is 35.8 Å². The summed E-state index contributed by atoms with van der Waals surface area (Å²) < 4.78 is 5.66. The number of hydrogen-bond donors (Lipinski definition) is 0. The summed E-state index contributed by atoms with van der Waals surface area (Å²) >= 11 is 7.91. The Morgan fingerprint density at radius 2 is 1.97 bits per heavy atom. The first-order chi connectivity index (χ1) is 14.4. The Bertz CT molecular complexity index is 1200. The summed E-state index contributed by atoms with van der Waals surface area (Å²) in [5.41, 5.74) is 5.48. The van der Waals surface area contributed by atoms with E-state index in [0.29, 0.717) is 17.9 Å². The van der Waals surface area contributed by atoms with Crippen molar-refractivity contribution in [1.82, 2.24) is 5.16 Å². The maximum Gasteiger partial charge on any atom is 0.142 e. The molecule has 30 heavy (non-hydrogen) atoms. The number of halogens is 1. The molecule has 3 heterocycles. The summed E-state index contributed by atoms with van der Waals surface area (Å²) in [5.74, 6) is 0.910. The zero-order valence-electron chi connectivity index (χ0n) is 17.5. The van der Waals surface area contributed by atoms with Crippen molar-refractivity contribution < 1.29 is 9.32 Å². The van der Waals surface area contributed by atoms with Crippen LogP contribution >= 0.6 is 22.9 Å². The molecule has 0 saturated heterocycles. The fraction of sp³-hybridized carbons (Fsp3) is 0.375. The quantitative estimate of drug-likeness (QED) is 0.472. The average Bonchev–Trinajstić information content (AvgIpc) is 3.24. The molecular weight excluding hydrogens is 416 g/mol. The number of thiophene rings is 1. The molecule has 3 aromatic rings. The van der Waals surface area contributed by atoms with Crippen molar-refractivity contribution in [2.45, 2.75) is 52.5 Å². The van der Waals surface area contributed by atoms with E-state index in [1.807, 2.05) is 38.1 Å². The van der Waals surface area contributed by atoms with Crippen LogP contribution in [0.2, 0.25) is 5.02 Å². The second kappa shape index (κ2) is 6.89. The zero-order valence-corrected chi connectivity index (χ0v) is 19.1. The summed E-state index contributed by atoms with van der Waals surface area (Å²) in [7, 11) is 0. The first-order valence-electron chi connectivity index (χ1n) is 10.3. The van der Waals surface area contributed by atoms with Crippen LogP contribution in [0.3, 0.4) is 0 Å². The molecular formula is C24H23ClN2O2S. The molecule has 0 amide bonds. The highest BCUT2D eigenvalue weighted by molar-refractivity contribution is 7.16. The molecule has 154 valence electrons. The minimum Gasteiger partial charge on any atom is -0.361 e. The number of aryl methyl sites for hydroxylation is 2. The fourth-order valence-corrected chi connectivity index (χ4v) is 5.97. The first kappa shape index (κ1) is 19.7. The average molecular weight is 439 g/mol. The largest absolute Gasteiger partial charge is 0.361 e. The highest BCUT2D eigenvalue weighted by Gasteiger charge is 2.63. The van der Waals surface area contributed by atoms with E-state index in [0.717, 1.165) is 45.2 Å². The van der Waals surface area contributed by atoms with Crippen LogP contribution in [0.25, 0.3) is 10.4 Å². The third kappa shape index (κ3) is 2.75. The maximum absolute atomic E-state index is 12.9. The van der Waals surface area contributed by atoms with E-state index in [9.17, 15) is 4.79 Å². The number of carbonyl (C=O) groups is 1. The van der Waals surface area contributed by atoms with Crippen molar-refractivity contribution in [3.05, 3.63) is 62.3 Å². The Hall–Kier alpha value is -2.24. The van der Waals surface area contributed by atoms with Gasteiger partial charge in [-0.3, -0.25) is 9.79 Å². The lowest BCUT2D eigenvalue weighted by Gasteiger charge is -2.13. The van der Waals surface area contributed by atoms with E-state index in [-0.39, 0.29) is 11.7 Å². The molecule has 0 radical (unpaired) electrons. The van der Waals surface area contributed by atoms with Gasteiger partial charge in [-0.25, -0.2) is 0 Å². The molecule has 2 atom stereocenters. The Morgan fingerprint density at radius 1 is 1.23 bits per heavy atom. The summed E-state index contributed by atoms with van der Waals surface area (Å²) in [4.78, 5) is 20.6. The first-order valence-corrected chi connectivity index (χ1v) is 11.5. The van der Waals surface area contributed by atoms with Crippen LogP contribution < -0.4 is 0 Å². The predicted molar refractivity (Wildman–Crippen MR) is 121 cm³/mol. The van der Waals surface area contributed by atoms with Gasteiger partial charge in [0.2, 0.25) is 0 Å². The number of rotatable bonds is 4. The number of ketones is 1. The second-order valence-electron chi connectivity index (χ2n) is 8.31. The van der Waals surface area contributed by atoms with E-state index in [1.165, 1.54) is 10.4 Å². The van der Waals surface area contributed by atoms with Gasteiger partial charge in [-0.2, -0.15) is 0 Å². The van der Waals surface area contributed by atoms with E-state index < -0.39 is 5.54 Å².